The number of carbonyl (C=O) groups excluding carboxylic acids is 2. The van der Waals surface area contributed by atoms with Crippen molar-refractivity contribution in [1.82, 2.24) is 9.88 Å². The second kappa shape index (κ2) is 9.75. The first kappa shape index (κ1) is 23.6. The zero-order chi connectivity index (χ0) is 23.7. The monoisotopic (exact) mass is 488 g/mol. The molecule has 2 amide bonds. The predicted octanol–water partition coefficient (Wildman–Crippen LogP) is 4.74. The standard InChI is InChI=1S/C24H26ClFN4O2S/c1-15-19(25)9-10-20-22(15)27-24(33-20)29(12-4-11-28(2)3)23(32)16-13-21(31)30(14-16)18-7-5-17(26)6-8-18/h5-10,16H,4,11-14H2,1-3H3. The van der Waals surface area contributed by atoms with Gasteiger partial charge >= 0.3 is 0 Å². The van der Waals surface area contributed by atoms with E-state index in [2.05, 4.69) is 4.90 Å². The number of hydrogen-bond acceptors (Lipinski definition) is 5. The van der Waals surface area contributed by atoms with Gasteiger partial charge in [-0.1, -0.05) is 22.9 Å². The Morgan fingerprint density at radius 2 is 1.94 bits per heavy atom. The van der Waals surface area contributed by atoms with Gasteiger partial charge in [-0.3, -0.25) is 14.5 Å². The number of fused-ring (bicyclic) bond motifs is 1. The van der Waals surface area contributed by atoms with Gasteiger partial charge in [0.05, 0.1) is 16.1 Å². The smallest absolute Gasteiger partial charge is 0.234 e. The summed E-state index contributed by atoms with van der Waals surface area (Å²) in [6, 6.07) is 9.53. The van der Waals surface area contributed by atoms with Crippen LogP contribution >= 0.6 is 22.9 Å². The second-order valence-corrected chi connectivity index (χ2v) is 9.96. The van der Waals surface area contributed by atoms with Crippen molar-refractivity contribution in [3.8, 4) is 0 Å². The van der Waals surface area contributed by atoms with Gasteiger partial charge in [0.2, 0.25) is 11.8 Å². The van der Waals surface area contributed by atoms with Crippen LogP contribution in [0.1, 0.15) is 18.4 Å². The molecule has 0 bridgehead atoms. The number of hydrogen-bond donors (Lipinski definition) is 0. The summed E-state index contributed by atoms with van der Waals surface area (Å²) in [4.78, 5) is 36.4. The number of thiazole rings is 1. The van der Waals surface area contributed by atoms with E-state index in [0.29, 0.717) is 22.4 Å². The Balaban J connectivity index is 1.60. The summed E-state index contributed by atoms with van der Waals surface area (Å²) in [5.41, 5.74) is 2.28. The molecule has 1 aromatic heterocycles. The van der Waals surface area contributed by atoms with Crippen LogP contribution in [0.5, 0.6) is 0 Å². The number of benzene rings is 2. The first-order valence-electron chi connectivity index (χ1n) is 10.8. The third-order valence-electron chi connectivity index (χ3n) is 5.83. The lowest BCUT2D eigenvalue weighted by molar-refractivity contribution is -0.124. The summed E-state index contributed by atoms with van der Waals surface area (Å²) in [6.07, 6.45) is 0.896. The molecule has 3 aromatic rings. The van der Waals surface area contributed by atoms with Crippen LogP contribution in [-0.4, -0.2) is 55.4 Å². The quantitative estimate of drug-likeness (QED) is 0.482. The van der Waals surface area contributed by atoms with Gasteiger partial charge in [-0.25, -0.2) is 9.37 Å². The third-order valence-corrected chi connectivity index (χ3v) is 7.29. The van der Waals surface area contributed by atoms with Crippen molar-refractivity contribution >= 4 is 55.8 Å². The van der Waals surface area contributed by atoms with Crippen LogP contribution in [0, 0.1) is 18.7 Å². The van der Waals surface area contributed by atoms with E-state index in [4.69, 9.17) is 16.6 Å². The molecule has 174 valence electrons. The highest BCUT2D eigenvalue weighted by Gasteiger charge is 2.38. The maximum atomic E-state index is 13.6. The molecule has 1 fully saturated rings. The van der Waals surface area contributed by atoms with Crippen LogP contribution in [0.4, 0.5) is 15.2 Å². The number of nitrogens with zero attached hydrogens (tertiary/aromatic N) is 4. The number of amides is 2. The Labute approximate surface area is 201 Å². The minimum absolute atomic E-state index is 0.116. The summed E-state index contributed by atoms with van der Waals surface area (Å²) in [5.74, 6) is -1.11. The van der Waals surface area contributed by atoms with E-state index >= 15 is 0 Å². The van der Waals surface area contributed by atoms with E-state index in [1.54, 1.807) is 21.9 Å². The lowest BCUT2D eigenvalue weighted by atomic mass is 10.1. The first-order chi connectivity index (χ1) is 15.7. The highest BCUT2D eigenvalue weighted by atomic mass is 35.5. The van der Waals surface area contributed by atoms with Gasteiger partial charge in [0.15, 0.2) is 5.13 Å². The molecule has 1 saturated heterocycles. The van der Waals surface area contributed by atoms with Gasteiger partial charge in [0, 0.05) is 30.2 Å². The maximum absolute atomic E-state index is 13.6. The average Bonchev–Trinajstić information content (AvgIpc) is 3.38. The molecule has 6 nitrogen and oxygen atoms in total. The number of rotatable bonds is 7. The van der Waals surface area contributed by atoms with Crippen molar-refractivity contribution in [3.63, 3.8) is 0 Å². The Kier molecular flexibility index (Phi) is 6.97. The van der Waals surface area contributed by atoms with Crippen LogP contribution in [0.15, 0.2) is 36.4 Å². The topological polar surface area (TPSA) is 56.8 Å². The molecule has 0 aliphatic carbocycles. The van der Waals surface area contributed by atoms with Crippen molar-refractivity contribution in [2.24, 2.45) is 5.92 Å². The van der Waals surface area contributed by atoms with Crippen molar-refractivity contribution < 1.29 is 14.0 Å². The van der Waals surface area contributed by atoms with Gasteiger partial charge in [0.25, 0.3) is 0 Å². The lowest BCUT2D eigenvalue weighted by Crippen LogP contribution is -2.39. The van der Waals surface area contributed by atoms with E-state index in [0.717, 1.165) is 28.7 Å². The zero-order valence-electron chi connectivity index (χ0n) is 18.8. The first-order valence-corrected chi connectivity index (χ1v) is 12.0. The molecule has 2 aromatic carbocycles. The van der Waals surface area contributed by atoms with Crippen molar-refractivity contribution in [2.45, 2.75) is 19.8 Å². The Morgan fingerprint density at radius 3 is 2.64 bits per heavy atom. The van der Waals surface area contributed by atoms with Crippen LogP contribution in [-0.2, 0) is 9.59 Å². The van der Waals surface area contributed by atoms with Crippen molar-refractivity contribution in [3.05, 3.63) is 52.8 Å². The van der Waals surface area contributed by atoms with Crippen LogP contribution in [0.3, 0.4) is 0 Å². The predicted molar refractivity (Wildman–Crippen MR) is 132 cm³/mol. The summed E-state index contributed by atoms with van der Waals surface area (Å²) in [6.45, 7) is 3.52. The second-order valence-electron chi connectivity index (χ2n) is 8.54. The SMILES string of the molecule is Cc1c(Cl)ccc2sc(N(CCCN(C)C)C(=O)C3CC(=O)N(c4ccc(F)cc4)C3)nc12. The summed E-state index contributed by atoms with van der Waals surface area (Å²) in [5, 5.41) is 1.26. The molecule has 1 atom stereocenters. The van der Waals surface area contributed by atoms with Gasteiger partial charge in [0.1, 0.15) is 5.82 Å². The molecule has 1 aliphatic rings. The maximum Gasteiger partial charge on any atom is 0.234 e. The van der Waals surface area contributed by atoms with Crippen molar-refractivity contribution in [1.29, 1.82) is 0 Å². The van der Waals surface area contributed by atoms with Crippen LogP contribution in [0.25, 0.3) is 10.2 Å². The Bertz CT molecular complexity index is 1180. The molecular weight excluding hydrogens is 463 g/mol. The molecule has 4 rings (SSSR count). The van der Waals surface area contributed by atoms with Gasteiger partial charge in [-0.15, -0.1) is 0 Å². The molecule has 0 radical (unpaired) electrons. The average molecular weight is 489 g/mol. The largest absolute Gasteiger partial charge is 0.312 e. The Hall–Kier alpha value is -2.55. The Morgan fingerprint density at radius 1 is 1.21 bits per heavy atom. The molecule has 9 heteroatoms. The normalized spacial score (nSPS) is 16.2. The number of anilines is 2. The molecule has 0 spiro atoms. The van der Waals surface area contributed by atoms with E-state index < -0.39 is 5.92 Å². The van der Waals surface area contributed by atoms with Crippen LogP contribution in [0.2, 0.25) is 5.02 Å². The fourth-order valence-electron chi connectivity index (χ4n) is 4.01. The van der Waals surface area contributed by atoms with E-state index in [9.17, 15) is 14.0 Å². The minimum Gasteiger partial charge on any atom is -0.312 e. The summed E-state index contributed by atoms with van der Waals surface area (Å²) >= 11 is 7.73. The van der Waals surface area contributed by atoms with E-state index in [-0.39, 0.29) is 30.6 Å². The fourth-order valence-corrected chi connectivity index (χ4v) is 5.22. The number of aryl methyl sites for hydroxylation is 1. The molecule has 2 heterocycles. The summed E-state index contributed by atoms with van der Waals surface area (Å²) < 4.78 is 14.3. The van der Waals surface area contributed by atoms with E-state index in [1.165, 1.54) is 23.5 Å². The number of halogens is 2. The number of carbonyl (C=O) groups is 2. The fraction of sp³-hybridized carbons (Fsp3) is 0.375. The molecule has 33 heavy (non-hydrogen) atoms. The summed E-state index contributed by atoms with van der Waals surface area (Å²) in [7, 11) is 3.98. The highest BCUT2D eigenvalue weighted by Crippen LogP contribution is 2.35. The molecule has 0 saturated carbocycles. The van der Waals surface area contributed by atoms with Crippen molar-refractivity contribution in [2.75, 3.05) is 43.5 Å². The van der Waals surface area contributed by atoms with E-state index in [1.807, 2.05) is 33.2 Å². The van der Waals surface area contributed by atoms with Crippen LogP contribution < -0.4 is 9.80 Å². The zero-order valence-corrected chi connectivity index (χ0v) is 20.4. The third kappa shape index (κ3) is 5.03. The van der Waals surface area contributed by atoms with Gasteiger partial charge < -0.3 is 9.80 Å². The number of aromatic nitrogens is 1. The molecule has 1 unspecified atom stereocenters. The van der Waals surface area contributed by atoms with Gasteiger partial charge in [-0.2, -0.15) is 0 Å². The lowest BCUT2D eigenvalue weighted by Gasteiger charge is -2.24. The molecule has 0 N–H and O–H groups in total. The minimum atomic E-state index is -0.487. The molecule has 1 aliphatic heterocycles. The van der Waals surface area contributed by atoms with Gasteiger partial charge in [-0.05, 0) is 75.9 Å². The highest BCUT2D eigenvalue weighted by molar-refractivity contribution is 7.22. The molecular formula is C24H26ClFN4O2S.